The number of carboxylic acid groups (broad SMARTS) is 1. The molecule has 0 spiro atoms. The third-order valence-electron chi connectivity index (χ3n) is 8.06. The molecule has 3 aliphatic rings. The van der Waals surface area contributed by atoms with E-state index >= 15 is 0 Å². The second-order valence-electron chi connectivity index (χ2n) is 11.2. The summed E-state index contributed by atoms with van der Waals surface area (Å²) in [5.74, 6) is -2.58. The van der Waals surface area contributed by atoms with Crippen molar-refractivity contribution in [1.82, 2.24) is 9.88 Å². The number of aryl methyl sites for hydroxylation is 2. The fourth-order valence-corrected chi connectivity index (χ4v) is 6.18. The summed E-state index contributed by atoms with van der Waals surface area (Å²) in [6, 6.07) is 10.7. The van der Waals surface area contributed by atoms with Crippen LogP contribution < -0.4 is 5.32 Å². The predicted molar refractivity (Wildman–Crippen MR) is 138 cm³/mol. The number of likely N-dealkylation sites (tertiary alicyclic amines) is 1. The van der Waals surface area contributed by atoms with Gasteiger partial charge in [0.05, 0.1) is 6.10 Å². The highest BCUT2D eigenvalue weighted by Crippen LogP contribution is 2.54. The summed E-state index contributed by atoms with van der Waals surface area (Å²) in [6.45, 7) is 4.52. The maximum atomic E-state index is 13.7. The van der Waals surface area contributed by atoms with Gasteiger partial charge in [-0.15, -0.1) is 0 Å². The number of carbonyl (C=O) groups is 1. The van der Waals surface area contributed by atoms with Gasteiger partial charge in [0.25, 0.3) is 0 Å². The minimum absolute atomic E-state index is 0.00558. The lowest BCUT2D eigenvalue weighted by Crippen LogP contribution is -2.56. The van der Waals surface area contributed by atoms with Crippen LogP contribution in [0.2, 0.25) is 0 Å². The van der Waals surface area contributed by atoms with Gasteiger partial charge >= 0.3 is 5.97 Å². The maximum Gasteiger partial charge on any atom is 0.325 e. The van der Waals surface area contributed by atoms with Crippen LogP contribution in [-0.2, 0) is 27.8 Å². The first-order valence-electron chi connectivity index (χ1n) is 13.5. The summed E-state index contributed by atoms with van der Waals surface area (Å²) < 4.78 is 33.4. The second-order valence-corrected chi connectivity index (χ2v) is 11.2. The molecule has 2 aliphatic heterocycles. The van der Waals surface area contributed by atoms with Gasteiger partial charge in [-0.05, 0) is 54.9 Å². The lowest BCUT2D eigenvalue weighted by atomic mass is 9.62. The van der Waals surface area contributed by atoms with Crippen LogP contribution in [0, 0.1) is 0 Å². The number of carboxylic acids is 1. The summed E-state index contributed by atoms with van der Waals surface area (Å²) in [5, 5.41) is 13.4. The van der Waals surface area contributed by atoms with Crippen molar-refractivity contribution in [2.45, 2.75) is 81.8 Å². The number of benzene rings is 1. The SMILES string of the molecule is CC1(c2ccccc2C(C(=O)O)N2CC(OCCCCCc3ccc4c(n3)NCCC4)C2)CC(F)(F)C1. The standard InChI is InChI=1S/C29H37F2N3O3/c1-28(18-29(30,31)19-28)24-11-5-4-10-23(24)25(27(35)36)34-16-22(17-34)37-15-6-2-3-9-21-13-12-20-8-7-14-32-26(20)33-21/h4-5,10-13,22,25H,2-3,6-9,14-19H2,1H3,(H,32,33)(H,35,36). The molecule has 3 heterocycles. The Balaban J connectivity index is 1.06. The molecule has 37 heavy (non-hydrogen) atoms. The Hall–Kier alpha value is -2.58. The Labute approximate surface area is 217 Å². The molecule has 0 amide bonds. The number of aromatic nitrogens is 1. The number of unbranched alkanes of at least 4 members (excludes halogenated alkanes) is 2. The average molecular weight is 514 g/mol. The zero-order chi connectivity index (χ0) is 26.0. The predicted octanol–water partition coefficient (Wildman–Crippen LogP) is 5.37. The van der Waals surface area contributed by atoms with Gasteiger partial charge in [0.1, 0.15) is 11.9 Å². The Morgan fingerprint density at radius 3 is 2.73 bits per heavy atom. The van der Waals surface area contributed by atoms with Gasteiger partial charge in [-0.25, -0.2) is 13.8 Å². The second kappa shape index (κ2) is 10.7. The monoisotopic (exact) mass is 513 g/mol. The van der Waals surface area contributed by atoms with Gasteiger partial charge in [0, 0.05) is 50.2 Å². The van der Waals surface area contributed by atoms with Gasteiger partial charge in [0.2, 0.25) is 5.92 Å². The van der Waals surface area contributed by atoms with E-state index in [0.717, 1.165) is 62.1 Å². The number of alkyl halides is 2. The third kappa shape index (κ3) is 5.80. The van der Waals surface area contributed by atoms with Gasteiger partial charge < -0.3 is 15.2 Å². The molecule has 1 aliphatic carbocycles. The number of ether oxygens (including phenoxy) is 1. The van der Waals surface area contributed by atoms with Gasteiger partial charge in [-0.1, -0.05) is 43.7 Å². The Bertz CT molecular complexity index is 1110. The fourth-order valence-electron chi connectivity index (χ4n) is 6.18. The first kappa shape index (κ1) is 26.0. The van der Waals surface area contributed by atoms with Crippen molar-refractivity contribution < 1.29 is 23.4 Å². The minimum atomic E-state index is -2.68. The van der Waals surface area contributed by atoms with Crippen LogP contribution in [0.3, 0.4) is 0 Å². The Kier molecular flexibility index (Phi) is 7.50. The molecule has 8 heteroatoms. The van der Waals surface area contributed by atoms with Crippen LogP contribution in [0.1, 0.15) is 73.9 Å². The summed E-state index contributed by atoms with van der Waals surface area (Å²) in [5.41, 5.74) is 3.09. The molecule has 200 valence electrons. The molecule has 2 aromatic rings. The average Bonchev–Trinajstić information content (AvgIpc) is 2.82. The number of aliphatic carboxylic acids is 1. The smallest absolute Gasteiger partial charge is 0.325 e. The molecule has 1 atom stereocenters. The first-order chi connectivity index (χ1) is 17.7. The normalized spacial score (nSPS) is 21.3. The lowest BCUT2D eigenvalue weighted by Gasteiger charge is -2.48. The van der Waals surface area contributed by atoms with E-state index in [4.69, 9.17) is 9.72 Å². The number of nitrogens with one attached hydrogen (secondary N) is 1. The number of fused-ring (bicyclic) bond motifs is 1. The number of pyridine rings is 1. The van der Waals surface area contributed by atoms with Crippen LogP contribution >= 0.6 is 0 Å². The van der Waals surface area contributed by atoms with Crippen LogP contribution in [0.5, 0.6) is 0 Å². The number of anilines is 1. The summed E-state index contributed by atoms with van der Waals surface area (Å²) in [4.78, 5) is 18.9. The highest BCUT2D eigenvalue weighted by Gasteiger charge is 2.55. The Morgan fingerprint density at radius 1 is 1.19 bits per heavy atom. The van der Waals surface area contributed by atoms with E-state index in [1.165, 1.54) is 5.56 Å². The Morgan fingerprint density at radius 2 is 1.97 bits per heavy atom. The van der Waals surface area contributed by atoms with Crippen molar-refractivity contribution in [2.24, 2.45) is 0 Å². The van der Waals surface area contributed by atoms with Gasteiger partial charge in [0.15, 0.2) is 0 Å². The van der Waals surface area contributed by atoms with Crippen molar-refractivity contribution in [1.29, 1.82) is 0 Å². The maximum absolute atomic E-state index is 13.7. The van der Waals surface area contributed by atoms with E-state index < -0.39 is 23.3 Å². The molecule has 2 N–H and O–H groups in total. The van der Waals surface area contributed by atoms with Crippen LogP contribution in [0.15, 0.2) is 36.4 Å². The molecule has 1 saturated heterocycles. The van der Waals surface area contributed by atoms with Crippen LogP contribution in [0.4, 0.5) is 14.6 Å². The number of hydrogen-bond donors (Lipinski definition) is 2. The number of rotatable bonds is 11. The van der Waals surface area contributed by atoms with Crippen molar-refractivity contribution >= 4 is 11.8 Å². The minimum Gasteiger partial charge on any atom is -0.480 e. The molecular weight excluding hydrogens is 476 g/mol. The highest BCUT2D eigenvalue weighted by molar-refractivity contribution is 5.76. The molecule has 1 aromatic heterocycles. The van der Waals surface area contributed by atoms with E-state index in [1.807, 2.05) is 17.9 Å². The number of nitrogens with zero attached hydrogens (tertiary/aromatic N) is 2. The van der Waals surface area contributed by atoms with E-state index in [9.17, 15) is 18.7 Å². The molecule has 1 unspecified atom stereocenters. The molecule has 0 bridgehead atoms. The fraction of sp³-hybridized carbons (Fsp3) is 0.586. The largest absolute Gasteiger partial charge is 0.480 e. The van der Waals surface area contributed by atoms with Gasteiger partial charge in [-0.2, -0.15) is 0 Å². The summed E-state index contributed by atoms with van der Waals surface area (Å²) in [6.07, 6.45) is 5.81. The van der Waals surface area contributed by atoms with E-state index in [2.05, 4.69) is 17.4 Å². The number of hydrogen-bond acceptors (Lipinski definition) is 5. The molecule has 6 nitrogen and oxygen atoms in total. The van der Waals surface area contributed by atoms with Crippen LogP contribution in [0.25, 0.3) is 0 Å². The van der Waals surface area contributed by atoms with Gasteiger partial charge in [-0.3, -0.25) is 9.69 Å². The van der Waals surface area contributed by atoms with Crippen molar-refractivity contribution in [3.63, 3.8) is 0 Å². The molecular formula is C29H37F2N3O3. The van der Waals surface area contributed by atoms with Crippen molar-refractivity contribution in [3.05, 3.63) is 58.8 Å². The summed E-state index contributed by atoms with van der Waals surface area (Å²) >= 11 is 0. The van der Waals surface area contributed by atoms with E-state index in [1.54, 1.807) is 18.2 Å². The quantitative estimate of drug-likeness (QED) is 0.394. The topological polar surface area (TPSA) is 74.7 Å². The zero-order valence-corrected chi connectivity index (χ0v) is 21.5. The number of halogens is 2. The third-order valence-corrected chi connectivity index (χ3v) is 8.06. The zero-order valence-electron chi connectivity index (χ0n) is 21.5. The molecule has 5 rings (SSSR count). The van der Waals surface area contributed by atoms with Crippen molar-refractivity contribution in [2.75, 3.05) is 31.6 Å². The lowest BCUT2D eigenvalue weighted by molar-refractivity contribution is -0.151. The molecule has 0 radical (unpaired) electrons. The summed E-state index contributed by atoms with van der Waals surface area (Å²) in [7, 11) is 0. The van der Waals surface area contributed by atoms with Crippen LogP contribution in [-0.4, -0.2) is 59.2 Å². The van der Waals surface area contributed by atoms with E-state index in [-0.39, 0.29) is 18.9 Å². The van der Waals surface area contributed by atoms with Crippen molar-refractivity contribution in [3.8, 4) is 0 Å². The first-order valence-corrected chi connectivity index (χ1v) is 13.5. The van der Waals surface area contributed by atoms with E-state index in [0.29, 0.717) is 25.3 Å². The highest BCUT2D eigenvalue weighted by atomic mass is 19.3. The molecule has 1 aromatic carbocycles. The molecule has 1 saturated carbocycles. The molecule has 2 fully saturated rings.